The maximum Gasteiger partial charge on any atom is 0.396 e. The van der Waals surface area contributed by atoms with E-state index in [2.05, 4.69) is 4.74 Å². The van der Waals surface area contributed by atoms with E-state index in [1.807, 2.05) is 0 Å². The van der Waals surface area contributed by atoms with Gasteiger partial charge >= 0.3 is 11.9 Å². The van der Waals surface area contributed by atoms with Crippen LogP contribution in [0.25, 0.3) is 0 Å². The second-order valence-electron chi connectivity index (χ2n) is 2.21. The van der Waals surface area contributed by atoms with E-state index in [0.29, 0.717) is 13.2 Å². The lowest BCUT2D eigenvalue weighted by Gasteiger charge is -2.14. The minimum atomic E-state index is -0.853. The van der Waals surface area contributed by atoms with E-state index in [9.17, 15) is 9.59 Å². The summed E-state index contributed by atoms with van der Waals surface area (Å²) >= 11 is 0. The SMILES string of the molecule is COCCN(C)C(=O)C(=O)OC. The standard InChI is InChI=1S/C7H13NO4/c1-8(4-5-11-2)6(9)7(10)12-3/h4-5H2,1-3H3. The first-order valence-electron chi connectivity index (χ1n) is 3.45. The summed E-state index contributed by atoms with van der Waals surface area (Å²) in [6, 6.07) is 0. The lowest BCUT2D eigenvalue weighted by molar-refractivity contribution is -0.157. The molecule has 0 fully saturated rings. The number of hydrogen-bond donors (Lipinski definition) is 0. The van der Waals surface area contributed by atoms with Crippen molar-refractivity contribution in [1.82, 2.24) is 4.90 Å². The van der Waals surface area contributed by atoms with E-state index in [1.54, 1.807) is 0 Å². The first-order chi connectivity index (χ1) is 5.63. The fourth-order valence-electron chi connectivity index (χ4n) is 0.573. The lowest BCUT2D eigenvalue weighted by atomic mass is 10.5. The average Bonchev–Trinajstić information content (AvgIpc) is 2.11. The van der Waals surface area contributed by atoms with E-state index >= 15 is 0 Å². The third kappa shape index (κ3) is 3.34. The van der Waals surface area contributed by atoms with Crippen LogP contribution in [0.4, 0.5) is 0 Å². The van der Waals surface area contributed by atoms with Gasteiger partial charge in [-0.3, -0.25) is 4.79 Å². The molecule has 0 aliphatic carbocycles. The fourth-order valence-corrected chi connectivity index (χ4v) is 0.573. The first-order valence-corrected chi connectivity index (χ1v) is 3.45. The Kier molecular flexibility index (Phi) is 5.03. The molecule has 0 heterocycles. The molecule has 0 saturated heterocycles. The Morgan fingerprint density at radius 2 is 1.92 bits per heavy atom. The summed E-state index contributed by atoms with van der Waals surface area (Å²) < 4.78 is 8.97. The molecule has 5 nitrogen and oxygen atoms in total. The number of likely N-dealkylation sites (N-methyl/N-ethyl adjacent to an activating group) is 1. The van der Waals surface area contributed by atoms with Crippen LogP contribution in [-0.4, -0.2) is 51.2 Å². The lowest BCUT2D eigenvalue weighted by Crippen LogP contribution is -2.36. The number of ether oxygens (including phenoxy) is 2. The van der Waals surface area contributed by atoms with Gasteiger partial charge in [0.05, 0.1) is 13.7 Å². The van der Waals surface area contributed by atoms with Crippen molar-refractivity contribution in [2.75, 3.05) is 34.4 Å². The van der Waals surface area contributed by atoms with Gasteiger partial charge in [0.15, 0.2) is 0 Å². The van der Waals surface area contributed by atoms with Crippen molar-refractivity contribution in [1.29, 1.82) is 0 Å². The van der Waals surface area contributed by atoms with Gasteiger partial charge in [-0.2, -0.15) is 0 Å². The van der Waals surface area contributed by atoms with Crippen LogP contribution in [0, 0.1) is 0 Å². The van der Waals surface area contributed by atoms with Crippen molar-refractivity contribution in [2.45, 2.75) is 0 Å². The normalized spacial score (nSPS) is 9.25. The molecule has 0 aliphatic heterocycles. The van der Waals surface area contributed by atoms with Gasteiger partial charge < -0.3 is 14.4 Å². The third-order valence-electron chi connectivity index (χ3n) is 1.34. The zero-order valence-corrected chi connectivity index (χ0v) is 7.49. The van der Waals surface area contributed by atoms with Crippen molar-refractivity contribution < 1.29 is 19.1 Å². The molecule has 12 heavy (non-hydrogen) atoms. The van der Waals surface area contributed by atoms with Crippen LogP contribution in [0.15, 0.2) is 0 Å². The molecule has 0 unspecified atom stereocenters. The minimum absolute atomic E-state index is 0.379. The van der Waals surface area contributed by atoms with Gasteiger partial charge in [-0.25, -0.2) is 4.79 Å². The largest absolute Gasteiger partial charge is 0.462 e. The van der Waals surface area contributed by atoms with Crippen LogP contribution in [0.1, 0.15) is 0 Å². The van der Waals surface area contributed by atoms with Crippen LogP contribution in [0.2, 0.25) is 0 Å². The summed E-state index contributed by atoms with van der Waals surface area (Å²) in [6.45, 7) is 0.781. The second-order valence-corrected chi connectivity index (χ2v) is 2.21. The molecule has 0 aromatic heterocycles. The molecule has 0 radical (unpaired) electrons. The van der Waals surface area contributed by atoms with Gasteiger partial charge in [-0.1, -0.05) is 0 Å². The molecule has 1 amide bonds. The van der Waals surface area contributed by atoms with Crippen molar-refractivity contribution in [2.24, 2.45) is 0 Å². The Labute approximate surface area is 71.2 Å². The summed E-state index contributed by atoms with van der Waals surface area (Å²) in [7, 11) is 4.21. The van der Waals surface area contributed by atoms with Crippen molar-refractivity contribution >= 4 is 11.9 Å². The predicted molar refractivity (Wildman–Crippen MR) is 41.5 cm³/mol. The highest BCUT2D eigenvalue weighted by Crippen LogP contribution is 1.87. The third-order valence-corrected chi connectivity index (χ3v) is 1.34. The summed E-state index contributed by atoms with van der Waals surface area (Å²) in [5, 5.41) is 0. The number of carbonyl (C=O) groups is 2. The Bertz CT molecular complexity index is 169. The maximum atomic E-state index is 11.0. The summed E-state index contributed by atoms with van der Waals surface area (Å²) in [5.41, 5.74) is 0. The molecule has 0 atom stereocenters. The fraction of sp³-hybridized carbons (Fsp3) is 0.714. The quantitative estimate of drug-likeness (QED) is 0.419. The van der Waals surface area contributed by atoms with Gasteiger partial charge in [0, 0.05) is 20.7 Å². The minimum Gasteiger partial charge on any atom is -0.462 e. The van der Waals surface area contributed by atoms with Crippen LogP contribution in [-0.2, 0) is 19.1 Å². The zero-order valence-electron chi connectivity index (χ0n) is 7.49. The first kappa shape index (κ1) is 10.9. The van der Waals surface area contributed by atoms with Crippen molar-refractivity contribution in [3.05, 3.63) is 0 Å². The smallest absolute Gasteiger partial charge is 0.396 e. The Morgan fingerprint density at radius 3 is 2.33 bits per heavy atom. The van der Waals surface area contributed by atoms with Crippen molar-refractivity contribution in [3.63, 3.8) is 0 Å². The second kappa shape index (κ2) is 5.54. The van der Waals surface area contributed by atoms with Gasteiger partial charge in [0.1, 0.15) is 0 Å². The molecule has 0 aromatic carbocycles. The molecule has 0 N–H and O–H groups in total. The highest BCUT2D eigenvalue weighted by Gasteiger charge is 2.18. The number of amides is 1. The van der Waals surface area contributed by atoms with Gasteiger partial charge in [-0.15, -0.1) is 0 Å². The van der Waals surface area contributed by atoms with E-state index in [-0.39, 0.29) is 0 Å². The summed E-state index contributed by atoms with van der Waals surface area (Å²) in [5.74, 6) is -1.51. The Hall–Kier alpha value is -1.10. The zero-order chi connectivity index (χ0) is 9.56. The number of carbonyl (C=O) groups excluding carboxylic acids is 2. The molecule has 0 aliphatic rings. The number of esters is 1. The molecule has 0 aromatic rings. The number of hydrogen-bond acceptors (Lipinski definition) is 4. The topological polar surface area (TPSA) is 55.8 Å². The van der Waals surface area contributed by atoms with Crippen LogP contribution >= 0.6 is 0 Å². The number of rotatable bonds is 3. The van der Waals surface area contributed by atoms with Crippen molar-refractivity contribution in [3.8, 4) is 0 Å². The van der Waals surface area contributed by atoms with E-state index < -0.39 is 11.9 Å². The molecule has 0 spiro atoms. The van der Waals surface area contributed by atoms with E-state index in [0.717, 1.165) is 0 Å². The number of methoxy groups -OCH3 is 2. The van der Waals surface area contributed by atoms with Crippen LogP contribution < -0.4 is 0 Å². The van der Waals surface area contributed by atoms with E-state index in [4.69, 9.17) is 4.74 Å². The molecular formula is C7H13NO4. The average molecular weight is 175 g/mol. The van der Waals surface area contributed by atoms with Gasteiger partial charge in [0.25, 0.3) is 0 Å². The monoisotopic (exact) mass is 175 g/mol. The molecule has 0 bridgehead atoms. The molecule has 70 valence electrons. The molecule has 0 saturated carbocycles. The maximum absolute atomic E-state index is 11.0. The Balaban J connectivity index is 3.84. The van der Waals surface area contributed by atoms with Gasteiger partial charge in [-0.05, 0) is 0 Å². The Morgan fingerprint density at radius 1 is 1.33 bits per heavy atom. The van der Waals surface area contributed by atoms with E-state index in [1.165, 1.54) is 26.2 Å². The number of nitrogens with zero attached hydrogens (tertiary/aromatic N) is 1. The van der Waals surface area contributed by atoms with Gasteiger partial charge in [0.2, 0.25) is 0 Å². The highest BCUT2D eigenvalue weighted by atomic mass is 16.5. The van der Waals surface area contributed by atoms with Crippen LogP contribution in [0.3, 0.4) is 0 Å². The molecular weight excluding hydrogens is 162 g/mol. The van der Waals surface area contributed by atoms with Crippen LogP contribution in [0.5, 0.6) is 0 Å². The molecule has 5 heteroatoms. The summed E-state index contributed by atoms with van der Waals surface area (Å²) in [4.78, 5) is 22.9. The molecule has 0 rings (SSSR count). The highest BCUT2D eigenvalue weighted by molar-refractivity contribution is 6.32. The summed E-state index contributed by atoms with van der Waals surface area (Å²) in [6.07, 6.45) is 0. The predicted octanol–water partition coefficient (Wildman–Crippen LogP) is -0.736.